The third-order valence-electron chi connectivity index (χ3n) is 7.17. The van der Waals surface area contributed by atoms with Gasteiger partial charge in [-0.25, -0.2) is 4.98 Å². The molecular weight excluding hydrogens is 492 g/mol. The van der Waals surface area contributed by atoms with Crippen molar-refractivity contribution in [1.29, 1.82) is 0 Å². The second-order valence-electron chi connectivity index (χ2n) is 9.85. The van der Waals surface area contributed by atoms with E-state index in [0.717, 1.165) is 48.5 Å². The summed E-state index contributed by atoms with van der Waals surface area (Å²) < 4.78 is 11.7. The first-order chi connectivity index (χ1) is 17.9. The SMILES string of the molecule is CCCCc1nc(Cl)c(CN2C[C@H]3NC(=O)CCc4ccc(O)c(c4)Oc4cc(ccc4OC)[C@@H]3C2)[nH]1. The van der Waals surface area contributed by atoms with Crippen LogP contribution >= 0.6 is 11.6 Å². The number of carbonyl (C=O) groups is 1. The van der Waals surface area contributed by atoms with E-state index in [4.69, 9.17) is 21.1 Å². The van der Waals surface area contributed by atoms with Crippen LogP contribution < -0.4 is 14.8 Å². The standard InChI is InChI=1S/C28H33ClN4O4/c1-3-4-5-26-30-21(28(29)32-26)16-33-14-19-18-8-10-23(36-2)25(13-18)37-24-12-17(6-9-22(24)34)7-11-27(35)31-20(19)15-33/h6,8-10,12-13,19-20,34H,3-5,7,11,14-16H2,1-2H3,(H,30,32)(H,31,35)/t19-,20+/m0/s1. The lowest BCUT2D eigenvalue weighted by molar-refractivity contribution is -0.121. The van der Waals surface area contributed by atoms with Gasteiger partial charge in [0, 0.05) is 44.4 Å². The molecule has 3 aromatic rings. The molecule has 1 aromatic heterocycles. The van der Waals surface area contributed by atoms with Crippen LogP contribution in [0.1, 0.15) is 54.7 Å². The van der Waals surface area contributed by atoms with E-state index < -0.39 is 0 Å². The number of aryl methyl sites for hydroxylation is 2. The van der Waals surface area contributed by atoms with E-state index in [9.17, 15) is 9.90 Å². The molecule has 0 radical (unpaired) electrons. The van der Waals surface area contributed by atoms with Gasteiger partial charge >= 0.3 is 0 Å². The molecular formula is C28H33ClN4O4. The summed E-state index contributed by atoms with van der Waals surface area (Å²) in [6.45, 7) is 4.20. The highest BCUT2D eigenvalue weighted by molar-refractivity contribution is 6.30. The second-order valence-corrected chi connectivity index (χ2v) is 10.2. The molecule has 0 saturated carbocycles. The fourth-order valence-electron chi connectivity index (χ4n) is 5.18. The van der Waals surface area contributed by atoms with Crippen LogP contribution in [0.15, 0.2) is 36.4 Å². The number of halogens is 1. The molecule has 9 heteroatoms. The number of methoxy groups -OCH3 is 1. The van der Waals surface area contributed by atoms with E-state index >= 15 is 0 Å². The number of aromatic nitrogens is 2. The smallest absolute Gasteiger partial charge is 0.220 e. The number of fused-ring (bicyclic) bond motifs is 6. The zero-order valence-corrected chi connectivity index (χ0v) is 22.0. The van der Waals surface area contributed by atoms with Gasteiger partial charge in [-0.15, -0.1) is 0 Å². The fraction of sp³-hybridized carbons (Fsp3) is 0.429. The Labute approximate surface area is 222 Å². The molecule has 2 atom stereocenters. The van der Waals surface area contributed by atoms with Crippen LogP contribution in [0.5, 0.6) is 23.0 Å². The van der Waals surface area contributed by atoms with Crippen LogP contribution in [0.25, 0.3) is 0 Å². The average molecular weight is 525 g/mol. The Bertz CT molecular complexity index is 1280. The third-order valence-corrected chi connectivity index (χ3v) is 7.48. The fourth-order valence-corrected chi connectivity index (χ4v) is 5.39. The van der Waals surface area contributed by atoms with Crippen molar-refractivity contribution in [2.75, 3.05) is 20.2 Å². The number of carbonyl (C=O) groups excluding carboxylic acids is 1. The molecule has 0 spiro atoms. The van der Waals surface area contributed by atoms with Gasteiger partial charge in [0.15, 0.2) is 28.2 Å². The predicted molar refractivity (Wildman–Crippen MR) is 142 cm³/mol. The van der Waals surface area contributed by atoms with Crippen molar-refractivity contribution >= 4 is 17.5 Å². The molecule has 1 saturated heterocycles. The van der Waals surface area contributed by atoms with Gasteiger partial charge < -0.3 is 24.9 Å². The summed E-state index contributed by atoms with van der Waals surface area (Å²) in [6, 6.07) is 10.9. The quantitative estimate of drug-likeness (QED) is 0.422. The predicted octanol–water partition coefficient (Wildman–Crippen LogP) is 4.94. The van der Waals surface area contributed by atoms with E-state index in [2.05, 4.69) is 27.1 Å². The van der Waals surface area contributed by atoms with Gasteiger partial charge in [0.1, 0.15) is 5.82 Å². The number of nitrogens with one attached hydrogen (secondary N) is 2. The van der Waals surface area contributed by atoms with E-state index in [1.54, 1.807) is 19.2 Å². The minimum Gasteiger partial charge on any atom is -0.504 e. The number of hydrogen-bond donors (Lipinski definition) is 3. The third kappa shape index (κ3) is 5.70. The van der Waals surface area contributed by atoms with Crippen LogP contribution in [-0.4, -0.2) is 52.1 Å². The van der Waals surface area contributed by atoms with Crippen molar-refractivity contribution in [3.8, 4) is 23.0 Å². The monoisotopic (exact) mass is 524 g/mol. The first-order valence-electron chi connectivity index (χ1n) is 12.9. The number of imidazole rings is 1. The number of benzene rings is 2. The zero-order valence-electron chi connectivity index (χ0n) is 21.2. The Morgan fingerprint density at radius 2 is 2.05 bits per heavy atom. The molecule has 196 valence electrons. The van der Waals surface area contributed by atoms with Crippen molar-refractivity contribution in [2.24, 2.45) is 0 Å². The van der Waals surface area contributed by atoms with Gasteiger partial charge in [0.2, 0.25) is 5.91 Å². The van der Waals surface area contributed by atoms with Crippen LogP contribution in [0.2, 0.25) is 5.15 Å². The number of amides is 1. The maximum absolute atomic E-state index is 13.0. The van der Waals surface area contributed by atoms with Crippen LogP contribution in [0, 0.1) is 0 Å². The highest BCUT2D eigenvalue weighted by Gasteiger charge is 2.36. The van der Waals surface area contributed by atoms with Gasteiger partial charge in [0.05, 0.1) is 12.8 Å². The molecule has 0 aliphatic carbocycles. The van der Waals surface area contributed by atoms with Crippen molar-refractivity contribution in [3.05, 3.63) is 64.2 Å². The molecule has 3 N–H and O–H groups in total. The molecule has 5 rings (SSSR count). The number of unbranched alkanes of at least 4 members (excludes halogenated alkanes) is 1. The van der Waals surface area contributed by atoms with Gasteiger partial charge in [0.25, 0.3) is 0 Å². The number of rotatable bonds is 6. The van der Waals surface area contributed by atoms with Crippen LogP contribution in [0.4, 0.5) is 0 Å². The Hall–Kier alpha value is -3.23. The molecule has 2 aliphatic heterocycles. The van der Waals surface area contributed by atoms with Crippen LogP contribution in [-0.2, 0) is 24.2 Å². The first kappa shape index (κ1) is 25.4. The molecule has 2 aliphatic rings. The number of likely N-dealkylation sites (tertiary alicyclic amines) is 1. The maximum Gasteiger partial charge on any atom is 0.220 e. The minimum atomic E-state index is -0.0766. The summed E-state index contributed by atoms with van der Waals surface area (Å²) in [5.74, 6) is 2.42. The Morgan fingerprint density at radius 3 is 2.86 bits per heavy atom. The summed E-state index contributed by atoms with van der Waals surface area (Å²) in [5.41, 5.74) is 2.84. The number of H-pyrrole nitrogens is 1. The van der Waals surface area contributed by atoms with Crippen molar-refractivity contribution in [1.82, 2.24) is 20.2 Å². The van der Waals surface area contributed by atoms with Crippen LogP contribution in [0.3, 0.4) is 0 Å². The van der Waals surface area contributed by atoms with Crippen molar-refractivity contribution in [3.63, 3.8) is 0 Å². The molecule has 2 aromatic carbocycles. The lowest BCUT2D eigenvalue weighted by atomic mass is 9.93. The summed E-state index contributed by atoms with van der Waals surface area (Å²) in [4.78, 5) is 23.2. The minimum absolute atomic E-state index is 0.00167. The zero-order chi connectivity index (χ0) is 25.9. The van der Waals surface area contributed by atoms with Gasteiger partial charge in [-0.2, -0.15) is 0 Å². The maximum atomic E-state index is 13.0. The highest BCUT2D eigenvalue weighted by Crippen LogP contribution is 2.40. The number of aromatic hydroxyl groups is 1. The number of hydrogen-bond acceptors (Lipinski definition) is 6. The molecule has 0 unspecified atom stereocenters. The number of aromatic amines is 1. The second kappa shape index (κ2) is 11.0. The molecule has 37 heavy (non-hydrogen) atoms. The summed E-state index contributed by atoms with van der Waals surface area (Å²) >= 11 is 6.47. The Kier molecular flexibility index (Phi) is 7.58. The number of phenols is 1. The van der Waals surface area contributed by atoms with Crippen molar-refractivity contribution in [2.45, 2.75) is 57.5 Å². The summed E-state index contributed by atoms with van der Waals surface area (Å²) in [5, 5.41) is 14.2. The normalized spacial score (nSPS) is 19.7. The van der Waals surface area contributed by atoms with E-state index in [1.807, 2.05) is 24.3 Å². The van der Waals surface area contributed by atoms with Gasteiger partial charge in [-0.05, 0) is 48.2 Å². The molecule has 1 fully saturated rings. The number of ether oxygens (including phenoxy) is 2. The summed E-state index contributed by atoms with van der Waals surface area (Å²) in [6.07, 6.45) is 3.93. The first-order valence-corrected chi connectivity index (χ1v) is 13.2. The highest BCUT2D eigenvalue weighted by atomic mass is 35.5. The topological polar surface area (TPSA) is 99.7 Å². The van der Waals surface area contributed by atoms with Crippen molar-refractivity contribution < 1.29 is 19.4 Å². The molecule has 4 bridgehead atoms. The largest absolute Gasteiger partial charge is 0.504 e. The molecule has 1 amide bonds. The Balaban J connectivity index is 1.44. The lowest BCUT2D eigenvalue weighted by Crippen LogP contribution is -2.39. The molecule has 8 nitrogen and oxygen atoms in total. The van der Waals surface area contributed by atoms with Gasteiger partial charge in [-0.3, -0.25) is 9.69 Å². The average Bonchev–Trinajstić information content (AvgIpc) is 3.45. The van der Waals surface area contributed by atoms with E-state index in [0.29, 0.717) is 48.3 Å². The number of nitrogens with zero attached hydrogens (tertiary/aromatic N) is 2. The lowest BCUT2D eigenvalue weighted by Gasteiger charge is -2.21. The summed E-state index contributed by atoms with van der Waals surface area (Å²) in [7, 11) is 1.59. The Morgan fingerprint density at radius 1 is 1.19 bits per heavy atom. The van der Waals surface area contributed by atoms with Gasteiger partial charge in [-0.1, -0.05) is 37.1 Å². The van der Waals surface area contributed by atoms with E-state index in [-0.39, 0.29) is 23.6 Å². The number of phenolic OH excluding ortho intramolecular Hbond substituents is 1. The molecule has 3 heterocycles. The van der Waals surface area contributed by atoms with E-state index in [1.165, 1.54) is 0 Å².